The fourth-order valence-electron chi connectivity index (χ4n) is 3.00. The number of carbonyl (C=O) groups is 3. The molecule has 1 aromatic carbocycles. The summed E-state index contributed by atoms with van der Waals surface area (Å²) in [7, 11) is 0. The molecular formula is C18H22N2O4. The summed E-state index contributed by atoms with van der Waals surface area (Å²) in [5.74, 6) is -0.881. The Hall–Kier alpha value is -2.21. The highest BCUT2D eigenvalue weighted by atomic mass is 16.5. The van der Waals surface area contributed by atoms with Gasteiger partial charge in [-0.1, -0.05) is 6.92 Å². The molecule has 3 rings (SSSR count). The van der Waals surface area contributed by atoms with Gasteiger partial charge >= 0.3 is 0 Å². The number of carbonyl (C=O) groups excluding carboxylic acids is 3. The summed E-state index contributed by atoms with van der Waals surface area (Å²) in [5.41, 5.74) is 1.06. The molecule has 1 N–H and O–H groups in total. The predicted molar refractivity (Wildman–Crippen MR) is 88.0 cm³/mol. The number of imide groups is 1. The fraction of sp³-hybridized carbons (Fsp3) is 0.500. The van der Waals surface area contributed by atoms with E-state index in [4.69, 9.17) is 4.74 Å². The second-order valence-corrected chi connectivity index (χ2v) is 6.40. The second-order valence-electron chi connectivity index (χ2n) is 6.40. The first-order chi connectivity index (χ1) is 11.5. The molecule has 2 heterocycles. The molecular weight excluding hydrogens is 308 g/mol. The molecule has 2 aliphatic rings. The fourth-order valence-corrected chi connectivity index (χ4v) is 3.00. The molecule has 0 spiro atoms. The molecule has 1 aromatic rings. The minimum absolute atomic E-state index is 0.0547. The second kappa shape index (κ2) is 6.73. The van der Waals surface area contributed by atoms with Crippen molar-refractivity contribution in [3.8, 4) is 0 Å². The largest absolute Gasteiger partial charge is 0.376 e. The van der Waals surface area contributed by atoms with Gasteiger partial charge in [-0.25, -0.2) is 0 Å². The number of nitrogens with zero attached hydrogens (tertiary/aromatic N) is 1. The van der Waals surface area contributed by atoms with E-state index in [1.54, 1.807) is 12.1 Å². The van der Waals surface area contributed by atoms with Gasteiger partial charge in [-0.05, 0) is 44.4 Å². The smallest absolute Gasteiger partial charge is 0.261 e. The molecule has 6 nitrogen and oxygen atoms in total. The van der Waals surface area contributed by atoms with Crippen molar-refractivity contribution >= 4 is 17.7 Å². The minimum Gasteiger partial charge on any atom is -0.376 e. The van der Waals surface area contributed by atoms with Crippen molar-refractivity contribution in [3.05, 3.63) is 34.9 Å². The standard InChI is InChI=1S/C18H22N2O4/c1-3-11(2)19-16(21)12-6-7-14-15(9-12)18(23)20(17(14)22)10-13-5-4-8-24-13/h6-7,9,11,13H,3-5,8,10H2,1-2H3,(H,19,21). The zero-order valence-corrected chi connectivity index (χ0v) is 14.0. The summed E-state index contributed by atoms with van der Waals surface area (Å²) in [6.45, 7) is 4.86. The molecule has 0 aliphatic carbocycles. The van der Waals surface area contributed by atoms with E-state index in [0.29, 0.717) is 23.3 Å². The van der Waals surface area contributed by atoms with Gasteiger partial charge in [0.2, 0.25) is 0 Å². The zero-order valence-electron chi connectivity index (χ0n) is 14.0. The maximum atomic E-state index is 12.6. The van der Waals surface area contributed by atoms with E-state index in [2.05, 4.69) is 5.32 Å². The number of benzene rings is 1. The Balaban J connectivity index is 1.79. The van der Waals surface area contributed by atoms with E-state index >= 15 is 0 Å². The topological polar surface area (TPSA) is 75.7 Å². The Bertz CT molecular complexity index is 680. The number of rotatable bonds is 5. The summed E-state index contributed by atoms with van der Waals surface area (Å²) < 4.78 is 5.52. The van der Waals surface area contributed by atoms with Crippen molar-refractivity contribution in [1.29, 1.82) is 0 Å². The number of amides is 3. The van der Waals surface area contributed by atoms with Crippen LogP contribution in [0.3, 0.4) is 0 Å². The Morgan fingerprint density at radius 2 is 2.08 bits per heavy atom. The summed E-state index contributed by atoms with van der Waals surface area (Å²) in [5, 5.41) is 2.86. The lowest BCUT2D eigenvalue weighted by Gasteiger charge is -2.17. The van der Waals surface area contributed by atoms with E-state index in [1.165, 1.54) is 11.0 Å². The van der Waals surface area contributed by atoms with E-state index in [-0.39, 0.29) is 36.4 Å². The first-order valence-electron chi connectivity index (χ1n) is 8.44. The summed E-state index contributed by atoms with van der Waals surface area (Å²) >= 11 is 0. The average Bonchev–Trinajstić information content (AvgIpc) is 3.17. The monoisotopic (exact) mass is 330 g/mol. The van der Waals surface area contributed by atoms with Gasteiger partial charge in [0.1, 0.15) is 0 Å². The van der Waals surface area contributed by atoms with Crippen LogP contribution in [0.15, 0.2) is 18.2 Å². The van der Waals surface area contributed by atoms with Crippen molar-refractivity contribution in [2.24, 2.45) is 0 Å². The quantitative estimate of drug-likeness (QED) is 0.838. The summed E-state index contributed by atoms with van der Waals surface area (Å²) in [6.07, 6.45) is 2.55. The lowest BCUT2D eigenvalue weighted by atomic mass is 10.0. The molecule has 0 radical (unpaired) electrons. The third-order valence-electron chi connectivity index (χ3n) is 4.63. The molecule has 3 amide bonds. The van der Waals surface area contributed by atoms with Gasteiger partial charge in [0.15, 0.2) is 0 Å². The van der Waals surface area contributed by atoms with Gasteiger partial charge in [0, 0.05) is 18.2 Å². The molecule has 0 bridgehead atoms. The van der Waals surface area contributed by atoms with Crippen LogP contribution < -0.4 is 5.32 Å². The van der Waals surface area contributed by atoms with Gasteiger partial charge in [0.25, 0.3) is 17.7 Å². The number of hydrogen-bond donors (Lipinski definition) is 1. The van der Waals surface area contributed by atoms with Gasteiger partial charge < -0.3 is 10.1 Å². The molecule has 6 heteroatoms. The molecule has 1 fully saturated rings. The van der Waals surface area contributed by atoms with Crippen LogP contribution in [0.5, 0.6) is 0 Å². The number of nitrogens with one attached hydrogen (secondary N) is 1. The van der Waals surface area contributed by atoms with Crippen LogP contribution in [0, 0.1) is 0 Å². The molecule has 24 heavy (non-hydrogen) atoms. The Morgan fingerprint density at radius 3 is 2.75 bits per heavy atom. The van der Waals surface area contributed by atoms with E-state index in [1.807, 2.05) is 13.8 Å². The summed E-state index contributed by atoms with van der Waals surface area (Å²) in [4.78, 5) is 38.5. The maximum absolute atomic E-state index is 12.6. The normalized spacial score (nSPS) is 21.1. The maximum Gasteiger partial charge on any atom is 0.261 e. The van der Waals surface area contributed by atoms with Crippen molar-refractivity contribution in [2.45, 2.75) is 45.3 Å². The zero-order chi connectivity index (χ0) is 17.3. The molecule has 0 aromatic heterocycles. The SMILES string of the molecule is CCC(C)NC(=O)c1ccc2c(c1)C(=O)N(CC1CCCO1)C2=O. The number of fused-ring (bicyclic) bond motifs is 1. The molecule has 128 valence electrons. The average molecular weight is 330 g/mol. The van der Waals surface area contributed by atoms with Crippen LogP contribution in [-0.2, 0) is 4.74 Å². The van der Waals surface area contributed by atoms with Crippen LogP contribution >= 0.6 is 0 Å². The minimum atomic E-state index is -0.344. The van der Waals surface area contributed by atoms with Gasteiger partial charge in [0.05, 0.1) is 23.8 Å². The van der Waals surface area contributed by atoms with Gasteiger partial charge in [-0.15, -0.1) is 0 Å². The van der Waals surface area contributed by atoms with E-state index in [0.717, 1.165) is 19.3 Å². The first kappa shape index (κ1) is 16.6. The molecule has 0 saturated carbocycles. The molecule has 1 saturated heterocycles. The third kappa shape index (κ3) is 3.06. The highest BCUT2D eigenvalue weighted by Crippen LogP contribution is 2.26. The van der Waals surface area contributed by atoms with Crippen LogP contribution in [0.1, 0.15) is 64.2 Å². The van der Waals surface area contributed by atoms with Crippen LogP contribution in [0.2, 0.25) is 0 Å². The van der Waals surface area contributed by atoms with Crippen LogP contribution in [0.4, 0.5) is 0 Å². The Morgan fingerprint density at radius 1 is 1.33 bits per heavy atom. The summed E-state index contributed by atoms with van der Waals surface area (Å²) in [6, 6.07) is 4.73. The first-order valence-corrected chi connectivity index (χ1v) is 8.44. The van der Waals surface area contributed by atoms with E-state index < -0.39 is 0 Å². The predicted octanol–water partition coefficient (Wildman–Crippen LogP) is 1.99. The highest BCUT2D eigenvalue weighted by Gasteiger charge is 2.37. The van der Waals surface area contributed by atoms with Crippen molar-refractivity contribution in [1.82, 2.24) is 10.2 Å². The Kier molecular flexibility index (Phi) is 4.66. The molecule has 2 aliphatic heterocycles. The van der Waals surface area contributed by atoms with Gasteiger partial charge in [-0.2, -0.15) is 0 Å². The lowest BCUT2D eigenvalue weighted by Crippen LogP contribution is -2.36. The highest BCUT2D eigenvalue weighted by molar-refractivity contribution is 6.22. The van der Waals surface area contributed by atoms with Crippen molar-refractivity contribution in [2.75, 3.05) is 13.2 Å². The number of hydrogen-bond acceptors (Lipinski definition) is 4. The van der Waals surface area contributed by atoms with Crippen molar-refractivity contribution in [3.63, 3.8) is 0 Å². The molecule has 2 atom stereocenters. The lowest BCUT2D eigenvalue weighted by molar-refractivity contribution is 0.0475. The van der Waals surface area contributed by atoms with Gasteiger partial charge in [-0.3, -0.25) is 19.3 Å². The third-order valence-corrected chi connectivity index (χ3v) is 4.63. The Labute approximate surface area is 141 Å². The van der Waals surface area contributed by atoms with Crippen molar-refractivity contribution < 1.29 is 19.1 Å². The van der Waals surface area contributed by atoms with E-state index in [9.17, 15) is 14.4 Å². The molecule has 2 unspecified atom stereocenters. The van der Waals surface area contributed by atoms with Crippen LogP contribution in [-0.4, -0.2) is 47.9 Å². The van der Waals surface area contributed by atoms with Crippen LogP contribution in [0.25, 0.3) is 0 Å². The number of ether oxygens (including phenoxy) is 1.